The predicted octanol–water partition coefficient (Wildman–Crippen LogP) is 2.05. The van der Waals surface area contributed by atoms with Crippen molar-refractivity contribution in [2.75, 3.05) is 18.4 Å². The van der Waals surface area contributed by atoms with Crippen LogP contribution < -0.4 is 15.3 Å². The lowest BCUT2D eigenvalue weighted by Crippen LogP contribution is -3.16. The lowest BCUT2D eigenvalue weighted by atomic mass is 9.60. The van der Waals surface area contributed by atoms with E-state index in [9.17, 15) is 20.0 Å². The van der Waals surface area contributed by atoms with Crippen LogP contribution in [-0.2, 0) is 10.2 Å². The number of rotatable bonds is 1. The Balaban J connectivity index is 1.53. The Morgan fingerprint density at radius 2 is 2.00 bits per heavy atom. The standard InChI is InChI=1S/C25H33N3O5/c1-22(2)11-16(29)19-17(33-22)8-7-15-20(19)26-21(30)25(15)12-24(28(31)32)13-27-9-5-6-14(27)10-18(24)23(25,3)4/h7-8,14,18,28,31H,5-6,9-13H2,1-4H3,(H,26,30)/t14-,18+,24+,25-/m0/s1. The highest BCUT2D eigenvalue weighted by atomic mass is 16.8. The minimum Gasteiger partial charge on any atom is -0.600 e. The molecule has 2 saturated heterocycles. The molecule has 4 heterocycles. The average molecular weight is 456 g/mol. The second kappa shape index (κ2) is 6.36. The maximum atomic E-state index is 13.9. The molecule has 0 aromatic heterocycles. The van der Waals surface area contributed by atoms with Crippen LogP contribution in [0.1, 0.15) is 75.7 Å². The van der Waals surface area contributed by atoms with Gasteiger partial charge in [0.1, 0.15) is 16.9 Å². The number of carbonyl (C=O) groups excluding carboxylic acids is 2. The number of ether oxygens (including phenoxy) is 1. The van der Waals surface area contributed by atoms with Crippen molar-refractivity contribution in [1.82, 2.24) is 4.90 Å². The van der Waals surface area contributed by atoms with Gasteiger partial charge in [-0.15, -0.1) is 0 Å². The molecule has 3 N–H and O–H groups in total. The molecular weight excluding hydrogens is 422 g/mol. The van der Waals surface area contributed by atoms with Crippen molar-refractivity contribution in [3.63, 3.8) is 0 Å². The Morgan fingerprint density at radius 1 is 1.24 bits per heavy atom. The molecular formula is C25H33N3O5. The first-order valence-electron chi connectivity index (χ1n) is 12.1. The van der Waals surface area contributed by atoms with Crippen molar-refractivity contribution in [3.05, 3.63) is 28.5 Å². The van der Waals surface area contributed by atoms with Gasteiger partial charge in [-0.2, -0.15) is 0 Å². The first-order chi connectivity index (χ1) is 15.4. The highest BCUT2D eigenvalue weighted by Gasteiger charge is 2.75. The van der Waals surface area contributed by atoms with Crippen molar-refractivity contribution in [1.29, 1.82) is 0 Å². The normalized spacial score (nSPS) is 38.8. The first-order valence-corrected chi connectivity index (χ1v) is 12.1. The molecule has 1 amide bonds. The number of benzene rings is 1. The number of quaternary nitrogens is 1. The number of ketones is 1. The molecule has 1 aromatic rings. The number of hydrogen-bond donors (Lipinski definition) is 3. The molecule has 4 aliphatic heterocycles. The van der Waals surface area contributed by atoms with Crippen LogP contribution in [0.3, 0.4) is 0 Å². The summed E-state index contributed by atoms with van der Waals surface area (Å²) in [5.74, 6) is 0.149. The topological polar surface area (TPSA) is 106 Å². The number of fused-ring (bicyclic) bond motifs is 6. The van der Waals surface area contributed by atoms with Gasteiger partial charge in [-0.05, 0) is 56.7 Å². The van der Waals surface area contributed by atoms with Gasteiger partial charge in [-0.25, -0.2) is 10.4 Å². The minimum absolute atomic E-state index is 0.0442. The summed E-state index contributed by atoms with van der Waals surface area (Å²) in [5.41, 5.74) is -1.42. The molecule has 6 rings (SSSR count). The van der Waals surface area contributed by atoms with Crippen LogP contribution in [0.25, 0.3) is 0 Å². The van der Waals surface area contributed by atoms with Gasteiger partial charge in [0, 0.05) is 18.4 Å². The number of carbonyl (C=O) groups is 2. The van der Waals surface area contributed by atoms with E-state index < -0.39 is 27.2 Å². The first kappa shape index (κ1) is 21.5. The summed E-state index contributed by atoms with van der Waals surface area (Å²) in [6, 6.07) is 4.09. The maximum Gasteiger partial charge on any atom is 0.235 e. The molecule has 1 unspecified atom stereocenters. The number of nitrogens with one attached hydrogen (secondary N) is 2. The molecule has 3 fully saturated rings. The van der Waals surface area contributed by atoms with Crippen LogP contribution >= 0.6 is 0 Å². The molecule has 8 nitrogen and oxygen atoms in total. The van der Waals surface area contributed by atoms with Gasteiger partial charge < -0.3 is 15.3 Å². The fourth-order valence-electron chi connectivity index (χ4n) is 8.19. The van der Waals surface area contributed by atoms with E-state index >= 15 is 0 Å². The quantitative estimate of drug-likeness (QED) is 0.560. The zero-order chi connectivity index (χ0) is 23.6. The maximum absolute atomic E-state index is 13.9. The third-order valence-electron chi connectivity index (χ3n) is 9.64. The summed E-state index contributed by atoms with van der Waals surface area (Å²) in [6.45, 7) is 9.33. The van der Waals surface area contributed by atoms with Gasteiger partial charge in [0.15, 0.2) is 5.78 Å². The van der Waals surface area contributed by atoms with E-state index in [1.165, 1.54) is 0 Å². The van der Waals surface area contributed by atoms with Crippen LogP contribution in [0, 0.1) is 16.5 Å². The van der Waals surface area contributed by atoms with Gasteiger partial charge in [-0.1, -0.05) is 19.9 Å². The number of hydroxylamine groups is 2. The van der Waals surface area contributed by atoms with Crippen LogP contribution in [0.2, 0.25) is 0 Å². The Labute approximate surface area is 193 Å². The van der Waals surface area contributed by atoms with Gasteiger partial charge >= 0.3 is 0 Å². The molecule has 1 aromatic carbocycles. The van der Waals surface area contributed by atoms with Gasteiger partial charge in [-0.3, -0.25) is 14.5 Å². The number of anilines is 1. The smallest absolute Gasteiger partial charge is 0.235 e. The van der Waals surface area contributed by atoms with E-state index in [2.05, 4.69) is 24.1 Å². The minimum atomic E-state index is -0.993. The number of amides is 1. The number of piperidine rings is 1. The summed E-state index contributed by atoms with van der Waals surface area (Å²) < 4.78 is 6.08. The molecule has 5 atom stereocenters. The van der Waals surface area contributed by atoms with Crippen molar-refractivity contribution in [2.45, 2.75) is 82.4 Å². The SMILES string of the molecule is CC1(C)CC(=O)c2c(ccc3c2NC(=O)[C@]32C[C@@]3([NH+]([O-])O)CN4CCC[C@H]4C[C@@H]3C2(C)C)O1. The molecule has 8 heteroatoms. The molecule has 33 heavy (non-hydrogen) atoms. The van der Waals surface area contributed by atoms with Gasteiger partial charge in [0.2, 0.25) is 5.91 Å². The second-order valence-corrected chi connectivity index (χ2v) is 12.1. The summed E-state index contributed by atoms with van der Waals surface area (Å²) in [6.07, 6.45) is 3.49. The highest BCUT2D eigenvalue weighted by molar-refractivity contribution is 6.15. The monoisotopic (exact) mass is 455 g/mol. The molecule has 1 aliphatic carbocycles. The Bertz CT molecular complexity index is 1080. The largest absolute Gasteiger partial charge is 0.600 e. The molecule has 178 valence electrons. The molecule has 1 spiro atoms. The highest BCUT2D eigenvalue weighted by Crippen LogP contribution is 2.67. The summed E-state index contributed by atoms with van der Waals surface area (Å²) in [7, 11) is 0. The van der Waals surface area contributed by atoms with E-state index in [0.717, 1.165) is 31.4 Å². The zero-order valence-electron chi connectivity index (χ0n) is 19.8. The third kappa shape index (κ3) is 2.50. The fourth-order valence-corrected chi connectivity index (χ4v) is 8.19. The summed E-state index contributed by atoms with van der Waals surface area (Å²) in [5, 5.41) is 25.7. The van der Waals surface area contributed by atoms with E-state index in [4.69, 9.17) is 4.74 Å². The molecule has 0 radical (unpaired) electrons. The summed E-state index contributed by atoms with van der Waals surface area (Å²) >= 11 is 0. The van der Waals surface area contributed by atoms with Crippen molar-refractivity contribution >= 4 is 17.4 Å². The van der Waals surface area contributed by atoms with E-state index in [1.54, 1.807) is 6.07 Å². The van der Waals surface area contributed by atoms with E-state index in [-0.39, 0.29) is 30.4 Å². The number of Topliss-reactive ketones (excluding diaryl/α,β-unsaturated/α-hetero) is 1. The van der Waals surface area contributed by atoms with Gasteiger partial charge in [0.25, 0.3) is 0 Å². The van der Waals surface area contributed by atoms with Crippen molar-refractivity contribution in [3.8, 4) is 5.75 Å². The zero-order valence-corrected chi connectivity index (χ0v) is 19.8. The molecule has 0 bridgehead atoms. The summed E-state index contributed by atoms with van der Waals surface area (Å²) in [4.78, 5) is 29.4. The van der Waals surface area contributed by atoms with E-state index in [0.29, 0.717) is 29.6 Å². The lowest BCUT2D eigenvalue weighted by Gasteiger charge is -2.50. The van der Waals surface area contributed by atoms with Crippen molar-refractivity contribution < 1.29 is 24.8 Å². The Morgan fingerprint density at radius 3 is 2.73 bits per heavy atom. The van der Waals surface area contributed by atoms with Gasteiger partial charge in [0.05, 0.1) is 29.6 Å². The second-order valence-electron chi connectivity index (χ2n) is 12.1. The lowest BCUT2D eigenvalue weighted by molar-refractivity contribution is -1.09. The van der Waals surface area contributed by atoms with Crippen LogP contribution in [-0.4, -0.2) is 52.1 Å². The van der Waals surface area contributed by atoms with Crippen LogP contribution in [0.15, 0.2) is 12.1 Å². The van der Waals surface area contributed by atoms with Crippen LogP contribution in [0.5, 0.6) is 5.75 Å². The Hall–Kier alpha value is -2.00. The molecule has 1 saturated carbocycles. The predicted molar refractivity (Wildman–Crippen MR) is 120 cm³/mol. The average Bonchev–Trinajstić information content (AvgIpc) is 3.33. The van der Waals surface area contributed by atoms with Crippen molar-refractivity contribution in [2.24, 2.45) is 11.3 Å². The van der Waals surface area contributed by atoms with E-state index in [1.807, 2.05) is 19.9 Å². The molecule has 5 aliphatic rings. The number of nitrogens with zero attached hydrogens (tertiary/aromatic N) is 1. The third-order valence-corrected chi connectivity index (χ3v) is 9.64. The fraction of sp³-hybridized carbons (Fsp3) is 0.680. The number of hydrogen-bond acceptors (Lipinski definition) is 6. The van der Waals surface area contributed by atoms with Crippen LogP contribution in [0.4, 0.5) is 5.69 Å². The Kier molecular flexibility index (Phi) is 4.15.